The van der Waals surface area contributed by atoms with Crippen LogP contribution in [-0.2, 0) is 36.7 Å². The third-order valence-corrected chi connectivity index (χ3v) is 13.9. The molecule has 6 aromatic carbocycles. The first-order valence-corrected chi connectivity index (χ1v) is 22.1. The van der Waals surface area contributed by atoms with Gasteiger partial charge in [0, 0.05) is 82.9 Å². The van der Waals surface area contributed by atoms with Crippen LogP contribution >= 0.6 is 34.0 Å². The van der Waals surface area contributed by atoms with Gasteiger partial charge in [0.15, 0.2) is 0 Å². The summed E-state index contributed by atoms with van der Waals surface area (Å²) in [4.78, 5) is 53.2. The molecule has 0 saturated carbocycles. The van der Waals surface area contributed by atoms with Gasteiger partial charge in [-0.25, -0.2) is 0 Å². The molecular formula is C48H34FeN6O5S3. The molecule has 0 atom stereocenters. The van der Waals surface area contributed by atoms with E-state index in [1.54, 1.807) is 57.1 Å². The minimum atomic E-state index is -0.478. The number of hydrogen-bond donors (Lipinski definition) is 2. The zero-order chi connectivity index (χ0) is 42.6. The Bertz CT molecular complexity index is 3170. The Morgan fingerprint density at radius 1 is 0.460 bits per heavy atom. The molecule has 312 valence electrons. The van der Waals surface area contributed by atoms with Gasteiger partial charge in [0.05, 0.1) is 30.1 Å². The van der Waals surface area contributed by atoms with Crippen LogP contribution in [0.15, 0.2) is 144 Å². The maximum Gasteiger partial charge on any atom is 0.270 e. The Morgan fingerprint density at radius 2 is 0.810 bits per heavy atom. The first-order valence-electron chi connectivity index (χ1n) is 19.5. The molecule has 0 spiro atoms. The van der Waals surface area contributed by atoms with Crippen LogP contribution < -0.4 is 26.2 Å². The molecule has 15 heteroatoms. The van der Waals surface area contributed by atoms with E-state index >= 15 is 0 Å². The van der Waals surface area contributed by atoms with Crippen LogP contribution in [0.5, 0.6) is 0 Å². The van der Waals surface area contributed by atoms with Crippen molar-refractivity contribution in [2.45, 2.75) is 19.6 Å². The molecule has 3 aliphatic heterocycles. The van der Waals surface area contributed by atoms with E-state index in [0.717, 1.165) is 55.0 Å². The summed E-state index contributed by atoms with van der Waals surface area (Å²) in [6.07, 6.45) is 0. The predicted octanol–water partition coefficient (Wildman–Crippen LogP) is 11.3. The standard InChI is InChI=1S/C16H10N2O3S.2C16H12N2OS.Fe/c19-16-14-7-13(18(20)21)4-2-11(14)9-17(16)12-3-1-10-5-6-22-15(10)8-12;2*17-12-3-1-11-9-18(16(19)14(11)7-12)13-4-2-10-5-6-20-15(10)8-13;/h1-8H,9H2;2*1-8H,9,17H2;. The molecule has 0 unspecified atom stereocenters. The first-order chi connectivity index (χ1) is 30.1. The van der Waals surface area contributed by atoms with Crippen molar-refractivity contribution < 1.29 is 36.4 Å². The van der Waals surface area contributed by atoms with Gasteiger partial charge in [-0.05, 0) is 134 Å². The van der Waals surface area contributed by atoms with Crippen LogP contribution in [-0.4, -0.2) is 22.6 Å². The van der Waals surface area contributed by atoms with Gasteiger partial charge in [0.2, 0.25) is 0 Å². The van der Waals surface area contributed by atoms with Crippen molar-refractivity contribution in [3.05, 3.63) is 187 Å². The summed E-state index contributed by atoms with van der Waals surface area (Å²) in [5.74, 6) is -0.124. The SMILES string of the molecule is Nc1ccc2c(c1)C(=O)N(c1ccc3ccsc3c1)C2.Nc1ccc2c(c1)C(=O)N(c1ccc3ccsc3c1)C2.O=C1c2cc([N+](=O)[O-])ccc2CN1c1ccc2ccsc2c1.[Fe]. The van der Waals surface area contributed by atoms with E-state index in [1.807, 2.05) is 75.8 Å². The number of nitrogens with zero attached hydrogens (tertiary/aromatic N) is 4. The fourth-order valence-electron chi connectivity index (χ4n) is 8.00. The molecule has 0 radical (unpaired) electrons. The molecule has 3 aliphatic rings. The number of fused-ring (bicyclic) bond motifs is 6. The first kappa shape index (κ1) is 41.5. The second-order valence-electron chi connectivity index (χ2n) is 15.0. The number of amides is 3. The minimum absolute atomic E-state index is 0. The maximum absolute atomic E-state index is 12.6. The van der Waals surface area contributed by atoms with Gasteiger partial charge in [-0.1, -0.05) is 30.3 Å². The molecule has 3 aromatic heterocycles. The molecule has 0 aliphatic carbocycles. The van der Waals surface area contributed by atoms with E-state index in [2.05, 4.69) is 47.2 Å². The number of nitrogen functional groups attached to an aromatic ring is 2. The second kappa shape index (κ2) is 16.8. The normalized spacial score (nSPS) is 13.7. The Labute approximate surface area is 383 Å². The van der Waals surface area contributed by atoms with Crippen molar-refractivity contribution in [2.24, 2.45) is 0 Å². The van der Waals surface area contributed by atoms with Crippen molar-refractivity contribution in [3.63, 3.8) is 0 Å². The summed E-state index contributed by atoms with van der Waals surface area (Å²) in [7, 11) is 0. The number of hydrogen-bond acceptors (Lipinski definition) is 10. The number of nitro benzene ring substituents is 1. The molecule has 0 fully saturated rings. The van der Waals surface area contributed by atoms with E-state index < -0.39 is 4.92 Å². The third kappa shape index (κ3) is 7.81. The van der Waals surface area contributed by atoms with Gasteiger partial charge < -0.3 is 26.2 Å². The van der Waals surface area contributed by atoms with Crippen molar-refractivity contribution in [2.75, 3.05) is 26.2 Å². The number of nitro groups is 1. The minimum Gasteiger partial charge on any atom is -0.399 e. The summed E-state index contributed by atoms with van der Waals surface area (Å²) in [5, 5.41) is 20.6. The van der Waals surface area contributed by atoms with E-state index in [-0.39, 0.29) is 40.5 Å². The van der Waals surface area contributed by atoms with Crippen LogP contribution in [0.2, 0.25) is 0 Å². The number of nitrogens with two attached hydrogens (primary N) is 2. The molecule has 11 nitrogen and oxygen atoms in total. The average Bonchev–Trinajstić information content (AvgIpc) is 4.15. The van der Waals surface area contributed by atoms with Crippen LogP contribution in [0.1, 0.15) is 47.8 Å². The predicted molar refractivity (Wildman–Crippen MR) is 252 cm³/mol. The smallest absolute Gasteiger partial charge is 0.270 e. The summed E-state index contributed by atoms with van der Waals surface area (Å²) in [5.41, 5.74) is 20.2. The van der Waals surface area contributed by atoms with Gasteiger partial charge >= 0.3 is 0 Å². The third-order valence-electron chi connectivity index (χ3n) is 11.2. The number of thiophene rings is 3. The molecule has 3 amide bonds. The van der Waals surface area contributed by atoms with Gasteiger partial charge in [0.1, 0.15) is 0 Å². The summed E-state index contributed by atoms with van der Waals surface area (Å²) < 4.78 is 3.52. The number of non-ortho nitro benzene ring substituents is 1. The van der Waals surface area contributed by atoms with Gasteiger partial charge in [0.25, 0.3) is 23.4 Å². The molecule has 6 heterocycles. The van der Waals surface area contributed by atoms with Crippen LogP contribution in [0.3, 0.4) is 0 Å². The summed E-state index contributed by atoms with van der Waals surface area (Å²) >= 11 is 5.00. The second-order valence-corrected chi connectivity index (χ2v) is 17.9. The van der Waals surface area contributed by atoms with E-state index in [1.165, 1.54) is 32.3 Å². The van der Waals surface area contributed by atoms with Crippen molar-refractivity contribution >= 4 is 116 Å². The Balaban J connectivity index is 0.000000119. The van der Waals surface area contributed by atoms with E-state index in [9.17, 15) is 24.5 Å². The molecule has 12 rings (SSSR count). The van der Waals surface area contributed by atoms with Crippen LogP contribution in [0.25, 0.3) is 30.3 Å². The number of anilines is 5. The number of carbonyl (C=O) groups excluding carboxylic acids is 3. The zero-order valence-corrected chi connectivity index (χ0v) is 36.6. The Hall–Kier alpha value is -6.87. The van der Waals surface area contributed by atoms with Crippen molar-refractivity contribution in [1.82, 2.24) is 0 Å². The number of carbonyl (C=O) groups is 3. The topological polar surface area (TPSA) is 156 Å². The van der Waals surface area contributed by atoms with Crippen LogP contribution in [0, 0.1) is 10.1 Å². The molecule has 9 aromatic rings. The van der Waals surface area contributed by atoms with Crippen LogP contribution in [0.4, 0.5) is 34.1 Å². The maximum atomic E-state index is 12.6. The fraction of sp³-hybridized carbons (Fsp3) is 0.0625. The molecule has 63 heavy (non-hydrogen) atoms. The van der Waals surface area contributed by atoms with Gasteiger partial charge in [-0.3, -0.25) is 24.5 Å². The molecule has 4 N–H and O–H groups in total. The quantitative estimate of drug-likeness (QED) is 0.0770. The molecular weight excluding hydrogens is 893 g/mol. The van der Waals surface area contributed by atoms with Crippen molar-refractivity contribution in [3.8, 4) is 0 Å². The largest absolute Gasteiger partial charge is 0.399 e. The van der Waals surface area contributed by atoms with E-state index in [0.29, 0.717) is 36.6 Å². The summed E-state index contributed by atoms with van der Waals surface area (Å²) in [6.45, 7) is 1.68. The Morgan fingerprint density at radius 3 is 1.17 bits per heavy atom. The molecule has 0 saturated heterocycles. The summed E-state index contributed by atoms with van der Waals surface area (Å²) in [6, 6.07) is 39.9. The monoisotopic (exact) mass is 926 g/mol. The Kier molecular flexibility index (Phi) is 11.0. The van der Waals surface area contributed by atoms with Gasteiger partial charge in [-0.15, -0.1) is 34.0 Å². The fourth-order valence-corrected chi connectivity index (χ4v) is 10.5. The van der Waals surface area contributed by atoms with Crippen molar-refractivity contribution in [1.29, 1.82) is 0 Å². The zero-order valence-electron chi connectivity index (χ0n) is 33.0. The number of benzene rings is 6. The number of rotatable bonds is 4. The van der Waals surface area contributed by atoms with Gasteiger partial charge in [-0.2, -0.15) is 0 Å². The molecule has 0 bridgehead atoms. The average molecular weight is 927 g/mol. The van der Waals surface area contributed by atoms with E-state index in [4.69, 9.17) is 11.5 Å².